The van der Waals surface area contributed by atoms with E-state index in [1.807, 2.05) is 24.3 Å². The van der Waals surface area contributed by atoms with Gasteiger partial charge in [-0.2, -0.15) is 0 Å². The van der Waals surface area contributed by atoms with Gasteiger partial charge in [0.05, 0.1) is 24.3 Å². The van der Waals surface area contributed by atoms with Gasteiger partial charge in [-0.1, -0.05) is 36.4 Å². The molecule has 162 valence electrons. The summed E-state index contributed by atoms with van der Waals surface area (Å²) in [5.41, 5.74) is 4.17. The lowest BCUT2D eigenvalue weighted by atomic mass is 10.1. The van der Waals surface area contributed by atoms with Gasteiger partial charge in [0.1, 0.15) is 6.33 Å². The van der Waals surface area contributed by atoms with E-state index < -0.39 is 0 Å². The van der Waals surface area contributed by atoms with Gasteiger partial charge in [-0.3, -0.25) is 9.69 Å². The van der Waals surface area contributed by atoms with Gasteiger partial charge >= 0.3 is 0 Å². The van der Waals surface area contributed by atoms with Crippen LogP contribution in [0.15, 0.2) is 54.9 Å². The number of ether oxygens (including phenoxy) is 1. The first-order valence-electron chi connectivity index (χ1n) is 10.6. The number of tetrazole rings is 1. The van der Waals surface area contributed by atoms with Crippen molar-refractivity contribution < 1.29 is 9.53 Å². The molecule has 2 atom stereocenters. The fourth-order valence-corrected chi connectivity index (χ4v) is 3.93. The molecule has 8 heteroatoms. The molecule has 0 radical (unpaired) electrons. The fraction of sp³-hybridized carbons (Fsp3) is 0.391. The molecule has 1 N–H and O–H groups in total. The molecule has 8 nitrogen and oxygen atoms in total. The minimum atomic E-state index is -0.00413. The number of aromatic nitrogens is 4. The maximum atomic E-state index is 12.3. The number of morpholine rings is 1. The van der Waals surface area contributed by atoms with Gasteiger partial charge in [-0.15, -0.1) is 5.10 Å². The molecule has 3 aromatic rings. The third-order valence-electron chi connectivity index (χ3n) is 5.33. The van der Waals surface area contributed by atoms with Crippen molar-refractivity contribution in [2.24, 2.45) is 0 Å². The van der Waals surface area contributed by atoms with Crippen LogP contribution in [0.5, 0.6) is 0 Å². The number of amides is 1. The summed E-state index contributed by atoms with van der Waals surface area (Å²) in [5.74, 6) is -0.00413. The van der Waals surface area contributed by atoms with Gasteiger partial charge in [-0.25, -0.2) is 4.68 Å². The summed E-state index contributed by atoms with van der Waals surface area (Å²) in [7, 11) is 0. The Hall–Kier alpha value is -3.10. The number of nitrogens with zero attached hydrogens (tertiary/aromatic N) is 5. The molecule has 1 saturated heterocycles. The van der Waals surface area contributed by atoms with Crippen molar-refractivity contribution in [3.05, 3.63) is 71.5 Å². The molecule has 2 aromatic carbocycles. The van der Waals surface area contributed by atoms with Crippen LogP contribution in [-0.4, -0.2) is 56.3 Å². The van der Waals surface area contributed by atoms with Crippen LogP contribution in [0.3, 0.4) is 0 Å². The number of nitrogens with one attached hydrogen (secondary N) is 1. The molecular formula is C23H28N6O2. The monoisotopic (exact) mass is 420 g/mol. The molecule has 1 aliphatic rings. The third-order valence-corrected chi connectivity index (χ3v) is 5.33. The van der Waals surface area contributed by atoms with E-state index in [-0.39, 0.29) is 18.1 Å². The molecule has 2 unspecified atom stereocenters. The molecule has 1 amide bonds. The first-order chi connectivity index (χ1) is 15.0. The topological polar surface area (TPSA) is 85.2 Å². The van der Waals surface area contributed by atoms with Gasteiger partial charge in [0.15, 0.2) is 0 Å². The van der Waals surface area contributed by atoms with E-state index in [2.05, 4.69) is 63.9 Å². The van der Waals surface area contributed by atoms with Crippen LogP contribution in [0.2, 0.25) is 0 Å². The molecule has 0 spiro atoms. The largest absolute Gasteiger partial charge is 0.373 e. The van der Waals surface area contributed by atoms with Crippen LogP contribution in [0.25, 0.3) is 5.69 Å². The minimum absolute atomic E-state index is 0.00413. The third kappa shape index (κ3) is 5.96. The number of rotatable bonds is 7. The van der Waals surface area contributed by atoms with Crippen molar-refractivity contribution in [1.82, 2.24) is 30.4 Å². The smallest absolute Gasteiger partial charge is 0.224 e. The van der Waals surface area contributed by atoms with Crippen LogP contribution in [0.1, 0.15) is 30.5 Å². The van der Waals surface area contributed by atoms with Crippen molar-refractivity contribution in [3.8, 4) is 5.69 Å². The van der Waals surface area contributed by atoms with Crippen molar-refractivity contribution in [2.45, 2.75) is 45.6 Å². The van der Waals surface area contributed by atoms with Crippen molar-refractivity contribution in [2.75, 3.05) is 13.1 Å². The quantitative estimate of drug-likeness (QED) is 0.630. The number of benzene rings is 2. The Balaban J connectivity index is 1.24. The average molecular weight is 421 g/mol. The van der Waals surface area contributed by atoms with Crippen LogP contribution >= 0.6 is 0 Å². The molecule has 0 saturated carbocycles. The summed E-state index contributed by atoms with van der Waals surface area (Å²) in [6, 6.07) is 16.1. The summed E-state index contributed by atoms with van der Waals surface area (Å²) >= 11 is 0. The zero-order valence-electron chi connectivity index (χ0n) is 17.9. The zero-order valence-corrected chi connectivity index (χ0v) is 17.9. The summed E-state index contributed by atoms with van der Waals surface area (Å²) in [6.07, 6.45) is 2.42. The number of hydrogen-bond acceptors (Lipinski definition) is 6. The highest BCUT2D eigenvalue weighted by Crippen LogP contribution is 2.15. The second-order valence-corrected chi connectivity index (χ2v) is 8.14. The van der Waals surface area contributed by atoms with Crippen molar-refractivity contribution >= 4 is 5.91 Å². The molecule has 2 heterocycles. The molecule has 1 aromatic heterocycles. The van der Waals surface area contributed by atoms with Gasteiger partial charge in [0, 0.05) is 26.2 Å². The Kier molecular flexibility index (Phi) is 6.69. The van der Waals surface area contributed by atoms with E-state index in [9.17, 15) is 4.79 Å². The lowest BCUT2D eigenvalue weighted by molar-refractivity contribution is -0.120. The fourth-order valence-electron chi connectivity index (χ4n) is 3.93. The molecule has 0 aliphatic carbocycles. The van der Waals surface area contributed by atoms with E-state index in [1.165, 1.54) is 11.9 Å². The Morgan fingerprint density at radius 1 is 1.00 bits per heavy atom. The highest BCUT2D eigenvalue weighted by atomic mass is 16.5. The lowest BCUT2D eigenvalue weighted by Gasteiger charge is -2.35. The Morgan fingerprint density at radius 3 is 2.29 bits per heavy atom. The second-order valence-electron chi connectivity index (χ2n) is 8.14. The van der Waals surface area contributed by atoms with Gasteiger partial charge in [-0.05, 0) is 53.1 Å². The maximum Gasteiger partial charge on any atom is 0.224 e. The lowest BCUT2D eigenvalue weighted by Crippen LogP contribution is -2.44. The number of hydrogen-bond donors (Lipinski definition) is 1. The Bertz CT molecular complexity index is 962. The molecule has 1 aliphatic heterocycles. The molecule has 1 fully saturated rings. The predicted octanol–water partition coefficient (Wildman–Crippen LogP) is 2.13. The van der Waals surface area contributed by atoms with Crippen LogP contribution in [0.4, 0.5) is 0 Å². The maximum absolute atomic E-state index is 12.3. The molecular weight excluding hydrogens is 392 g/mol. The van der Waals surface area contributed by atoms with Crippen LogP contribution in [0, 0.1) is 0 Å². The molecule has 4 rings (SSSR count). The molecule has 31 heavy (non-hydrogen) atoms. The van der Waals surface area contributed by atoms with E-state index in [4.69, 9.17) is 4.74 Å². The Labute approximate surface area is 182 Å². The first kappa shape index (κ1) is 21.1. The summed E-state index contributed by atoms with van der Waals surface area (Å²) in [5, 5.41) is 14.1. The summed E-state index contributed by atoms with van der Waals surface area (Å²) in [6.45, 7) is 7.60. The first-order valence-corrected chi connectivity index (χ1v) is 10.6. The normalized spacial score (nSPS) is 19.3. The second kappa shape index (κ2) is 9.80. The summed E-state index contributed by atoms with van der Waals surface area (Å²) < 4.78 is 7.38. The Morgan fingerprint density at radius 2 is 1.65 bits per heavy atom. The van der Waals surface area contributed by atoms with Crippen molar-refractivity contribution in [1.29, 1.82) is 0 Å². The predicted molar refractivity (Wildman–Crippen MR) is 116 cm³/mol. The number of carbonyl (C=O) groups is 1. The van der Waals surface area contributed by atoms with E-state index >= 15 is 0 Å². The van der Waals surface area contributed by atoms with E-state index in [0.717, 1.165) is 36.4 Å². The van der Waals surface area contributed by atoms with Crippen LogP contribution in [-0.2, 0) is 29.0 Å². The summed E-state index contributed by atoms with van der Waals surface area (Å²) in [4.78, 5) is 14.8. The van der Waals surface area contributed by atoms with Gasteiger partial charge in [0.25, 0.3) is 0 Å². The minimum Gasteiger partial charge on any atom is -0.373 e. The number of carbonyl (C=O) groups excluding carboxylic acids is 1. The van der Waals surface area contributed by atoms with Crippen LogP contribution < -0.4 is 5.32 Å². The van der Waals surface area contributed by atoms with Gasteiger partial charge in [0.2, 0.25) is 5.91 Å². The SMILES string of the molecule is CC1CN(Cc2ccc(CNC(=O)Cc3ccc(-n4cnnn4)cc3)cc2)CC(C)O1. The highest BCUT2D eigenvalue weighted by molar-refractivity contribution is 5.78. The van der Waals surface area contributed by atoms with Crippen molar-refractivity contribution in [3.63, 3.8) is 0 Å². The van der Waals surface area contributed by atoms with E-state index in [0.29, 0.717) is 13.0 Å². The molecule has 0 bridgehead atoms. The average Bonchev–Trinajstić information content (AvgIpc) is 3.28. The zero-order chi connectivity index (χ0) is 21.6. The highest BCUT2D eigenvalue weighted by Gasteiger charge is 2.21. The standard InChI is InChI=1S/C23H28N6O2/c1-17-13-28(14-18(2)31-17)15-21-5-3-20(4-6-21)12-24-23(30)11-19-7-9-22(10-8-19)29-16-25-26-27-29/h3-10,16-18H,11-15H2,1-2H3,(H,24,30). The van der Waals surface area contributed by atoms with Gasteiger partial charge < -0.3 is 10.1 Å². The van der Waals surface area contributed by atoms with E-state index in [1.54, 1.807) is 4.68 Å².